The fourth-order valence-electron chi connectivity index (χ4n) is 1.67. The Labute approximate surface area is 86.2 Å². The number of nitrogens with zero attached hydrogens (tertiary/aromatic N) is 1. The summed E-state index contributed by atoms with van der Waals surface area (Å²) in [4.78, 5) is 5.59. The summed E-state index contributed by atoms with van der Waals surface area (Å²) in [5.74, 6) is 0. The number of rotatable bonds is 6. The van der Waals surface area contributed by atoms with Gasteiger partial charge < -0.3 is 10.4 Å². The monoisotopic (exact) mass is 201 g/mol. The van der Waals surface area contributed by atoms with Crippen LogP contribution in [0.25, 0.3) is 0 Å². The van der Waals surface area contributed by atoms with Gasteiger partial charge in [0.25, 0.3) is 0 Å². The predicted octanol–water partition coefficient (Wildman–Crippen LogP) is 0.188. The average Bonchev–Trinajstić information content (AvgIpc) is 2.24. The first-order chi connectivity index (χ1) is 6.88. The lowest BCUT2D eigenvalue weighted by Gasteiger charge is -2.35. The van der Waals surface area contributed by atoms with E-state index in [-0.39, 0.29) is 6.61 Å². The zero-order valence-corrected chi connectivity index (χ0v) is 8.74. The molecule has 0 bridgehead atoms. The van der Waals surface area contributed by atoms with Crippen molar-refractivity contribution in [3.05, 3.63) is 6.92 Å². The molecular formula is C10H21N2O2. The molecule has 0 aromatic rings. The molecule has 1 fully saturated rings. The van der Waals surface area contributed by atoms with Gasteiger partial charge in [-0.2, -0.15) is 5.06 Å². The molecule has 1 rings (SSSR count). The fourth-order valence-corrected chi connectivity index (χ4v) is 1.67. The molecule has 0 aliphatic carbocycles. The highest BCUT2D eigenvalue weighted by atomic mass is 16.7. The summed E-state index contributed by atoms with van der Waals surface area (Å²) >= 11 is 0. The van der Waals surface area contributed by atoms with Crippen molar-refractivity contribution in [3.8, 4) is 0 Å². The Balaban J connectivity index is 2.26. The van der Waals surface area contributed by atoms with Crippen molar-refractivity contribution in [2.45, 2.75) is 25.3 Å². The van der Waals surface area contributed by atoms with Crippen LogP contribution < -0.4 is 5.32 Å². The topological polar surface area (TPSA) is 44.7 Å². The van der Waals surface area contributed by atoms with Crippen molar-refractivity contribution in [2.75, 3.05) is 32.8 Å². The minimum atomic E-state index is 0.264. The van der Waals surface area contributed by atoms with Crippen LogP contribution in [0.15, 0.2) is 0 Å². The van der Waals surface area contributed by atoms with E-state index in [9.17, 15) is 0 Å². The number of aliphatic hydroxyl groups is 1. The Morgan fingerprint density at radius 3 is 3.14 bits per heavy atom. The van der Waals surface area contributed by atoms with Crippen molar-refractivity contribution in [3.63, 3.8) is 0 Å². The maximum atomic E-state index is 8.77. The van der Waals surface area contributed by atoms with E-state index in [2.05, 4.69) is 12.2 Å². The van der Waals surface area contributed by atoms with Gasteiger partial charge in [-0.15, -0.1) is 0 Å². The third kappa shape index (κ3) is 3.92. The molecule has 0 amide bonds. The summed E-state index contributed by atoms with van der Waals surface area (Å²) in [6.45, 7) is 7.56. The van der Waals surface area contributed by atoms with E-state index in [0.717, 1.165) is 38.9 Å². The van der Waals surface area contributed by atoms with E-state index in [4.69, 9.17) is 9.94 Å². The second-order valence-corrected chi connectivity index (χ2v) is 3.55. The van der Waals surface area contributed by atoms with Crippen LogP contribution in [0.3, 0.4) is 0 Å². The molecule has 0 aromatic heterocycles. The van der Waals surface area contributed by atoms with Gasteiger partial charge in [-0.05, 0) is 19.3 Å². The Hall–Kier alpha value is -0.160. The zero-order valence-electron chi connectivity index (χ0n) is 8.74. The molecule has 1 unspecified atom stereocenters. The molecule has 1 saturated heterocycles. The second-order valence-electron chi connectivity index (χ2n) is 3.55. The number of aliphatic hydroxyl groups excluding tert-OH is 1. The molecule has 0 aromatic carbocycles. The zero-order chi connectivity index (χ0) is 10.2. The molecule has 1 radical (unpaired) electrons. The largest absolute Gasteiger partial charge is 0.396 e. The molecular weight excluding hydrogens is 180 g/mol. The minimum absolute atomic E-state index is 0.264. The molecule has 1 aliphatic heterocycles. The first kappa shape index (κ1) is 11.9. The fraction of sp³-hybridized carbons (Fsp3) is 0.900. The van der Waals surface area contributed by atoms with Crippen LogP contribution in [0.2, 0.25) is 0 Å². The van der Waals surface area contributed by atoms with Gasteiger partial charge in [0.15, 0.2) is 0 Å². The SMILES string of the molecule is [CH2]CCON1CCNCC1CCCO. The number of nitrogens with one attached hydrogen (secondary N) is 1. The normalized spacial score (nSPS) is 24.0. The van der Waals surface area contributed by atoms with Gasteiger partial charge in [-0.25, -0.2) is 0 Å². The van der Waals surface area contributed by atoms with E-state index in [1.54, 1.807) is 0 Å². The van der Waals surface area contributed by atoms with Crippen LogP contribution in [0.5, 0.6) is 0 Å². The lowest BCUT2D eigenvalue weighted by molar-refractivity contribution is -0.194. The van der Waals surface area contributed by atoms with Crippen LogP contribution in [0.4, 0.5) is 0 Å². The summed E-state index contributed by atoms with van der Waals surface area (Å²) in [7, 11) is 0. The Bertz CT molecular complexity index is 128. The number of hydrogen-bond acceptors (Lipinski definition) is 4. The van der Waals surface area contributed by atoms with E-state index in [1.807, 2.05) is 5.06 Å². The maximum Gasteiger partial charge on any atom is 0.0685 e. The molecule has 14 heavy (non-hydrogen) atoms. The van der Waals surface area contributed by atoms with Gasteiger partial charge in [0.05, 0.1) is 6.61 Å². The number of piperazine rings is 1. The van der Waals surface area contributed by atoms with Crippen LogP contribution >= 0.6 is 0 Å². The Kier molecular flexibility index (Phi) is 6.10. The highest BCUT2D eigenvalue weighted by Crippen LogP contribution is 2.10. The molecule has 2 N–H and O–H groups in total. The summed E-state index contributed by atoms with van der Waals surface area (Å²) in [6, 6.07) is 0.405. The second kappa shape index (κ2) is 7.17. The van der Waals surface area contributed by atoms with E-state index < -0.39 is 0 Å². The van der Waals surface area contributed by atoms with Gasteiger partial charge in [0, 0.05) is 32.3 Å². The van der Waals surface area contributed by atoms with Gasteiger partial charge in [0.1, 0.15) is 0 Å². The van der Waals surface area contributed by atoms with E-state index in [0.29, 0.717) is 12.6 Å². The third-order valence-corrected chi connectivity index (χ3v) is 2.39. The molecule has 0 spiro atoms. The summed E-state index contributed by atoms with van der Waals surface area (Å²) < 4.78 is 0. The predicted molar refractivity (Wildman–Crippen MR) is 55.6 cm³/mol. The Morgan fingerprint density at radius 2 is 2.43 bits per heavy atom. The summed E-state index contributed by atoms with van der Waals surface area (Å²) in [6.07, 6.45) is 2.63. The van der Waals surface area contributed by atoms with Crippen LogP contribution in [0.1, 0.15) is 19.3 Å². The molecule has 1 atom stereocenters. The third-order valence-electron chi connectivity index (χ3n) is 2.39. The van der Waals surface area contributed by atoms with Gasteiger partial charge in [-0.3, -0.25) is 4.84 Å². The number of hydrogen-bond donors (Lipinski definition) is 2. The smallest absolute Gasteiger partial charge is 0.0685 e. The van der Waals surface area contributed by atoms with Crippen LogP contribution in [-0.2, 0) is 4.84 Å². The maximum absolute atomic E-state index is 8.77. The lowest BCUT2D eigenvalue weighted by atomic mass is 10.1. The molecule has 1 heterocycles. The molecule has 4 heteroatoms. The van der Waals surface area contributed by atoms with Crippen molar-refractivity contribution >= 4 is 0 Å². The summed E-state index contributed by atoms with van der Waals surface area (Å²) in [5, 5.41) is 14.1. The van der Waals surface area contributed by atoms with Crippen molar-refractivity contribution in [1.29, 1.82) is 0 Å². The van der Waals surface area contributed by atoms with Crippen molar-refractivity contribution in [1.82, 2.24) is 10.4 Å². The number of hydroxylamine groups is 2. The molecule has 4 nitrogen and oxygen atoms in total. The van der Waals surface area contributed by atoms with E-state index >= 15 is 0 Å². The molecule has 1 aliphatic rings. The first-order valence-electron chi connectivity index (χ1n) is 5.39. The standard InChI is InChI=1S/C10H21N2O2/c1-2-8-14-12-6-5-11-9-10(12)4-3-7-13/h10-11,13H,1-9H2. The Morgan fingerprint density at radius 1 is 1.57 bits per heavy atom. The van der Waals surface area contributed by atoms with Crippen LogP contribution in [-0.4, -0.2) is 49.1 Å². The lowest BCUT2D eigenvalue weighted by Crippen LogP contribution is -2.51. The highest BCUT2D eigenvalue weighted by molar-refractivity contribution is 4.74. The highest BCUT2D eigenvalue weighted by Gasteiger charge is 2.21. The van der Waals surface area contributed by atoms with Crippen molar-refractivity contribution < 1.29 is 9.94 Å². The average molecular weight is 201 g/mol. The first-order valence-corrected chi connectivity index (χ1v) is 5.39. The van der Waals surface area contributed by atoms with Gasteiger partial charge in [0.2, 0.25) is 0 Å². The van der Waals surface area contributed by atoms with E-state index in [1.165, 1.54) is 0 Å². The molecule has 0 saturated carbocycles. The van der Waals surface area contributed by atoms with Crippen LogP contribution in [0, 0.1) is 6.92 Å². The quantitative estimate of drug-likeness (QED) is 0.644. The summed E-state index contributed by atoms with van der Waals surface area (Å²) in [5.41, 5.74) is 0. The minimum Gasteiger partial charge on any atom is -0.396 e. The van der Waals surface area contributed by atoms with Gasteiger partial charge in [-0.1, -0.05) is 6.92 Å². The molecule has 83 valence electrons. The van der Waals surface area contributed by atoms with Gasteiger partial charge >= 0.3 is 0 Å². The van der Waals surface area contributed by atoms with Crippen molar-refractivity contribution in [2.24, 2.45) is 0 Å².